The van der Waals surface area contributed by atoms with Crippen LogP contribution in [0.4, 0.5) is 0 Å². The maximum absolute atomic E-state index is 12.2. The van der Waals surface area contributed by atoms with E-state index < -0.39 is 0 Å². The van der Waals surface area contributed by atoms with E-state index in [1.165, 1.54) is 19.3 Å². The van der Waals surface area contributed by atoms with Gasteiger partial charge in [-0.1, -0.05) is 44.4 Å². The van der Waals surface area contributed by atoms with Crippen molar-refractivity contribution in [1.82, 2.24) is 5.32 Å². The summed E-state index contributed by atoms with van der Waals surface area (Å²) < 4.78 is 5.75. The number of hydrogen-bond acceptors (Lipinski definition) is 2. The van der Waals surface area contributed by atoms with Gasteiger partial charge in [0.2, 0.25) is 0 Å². The molecule has 0 heterocycles. The fourth-order valence-electron chi connectivity index (χ4n) is 2.53. The topological polar surface area (TPSA) is 38.3 Å². The minimum atomic E-state index is -0.385. The maximum atomic E-state index is 12.2. The van der Waals surface area contributed by atoms with Gasteiger partial charge in [-0.25, -0.2) is 0 Å². The van der Waals surface area contributed by atoms with Crippen molar-refractivity contribution in [3.63, 3.8) is 0 Å². The lowest BCUT2D eigenvalue weighted by molar-refractivity contribution is -0.129. The van der Waals surface area contributed by atoms with Gasteiger partial charge < -0.3 is 10.1 Å². The monoisotopic (exact) mass is 261 g/mol. The highest BCUT2D eigenvalue weighted by molar-refractivity contribution is 5.81. The summed E-state index contributed by atoms with van der Waals surface area (Å²) in [5, 5.41) is 3.13. The minimum Gasteiger partial charge on any atom is -0.481 e. The molecule has 1 aromatic carbocycles. The summed E-state index contributed by atoms with van der Waals surface area (Å²) in [6.45, 7) is 1.98. The summed E-state index contributed by atoms with van der Waals surface area (Å²) in [6, 6.07) is 9.89. The van der Waals surface area contributed by atoms with E-state index in [1.807, 2.05) is 37.3 Å². The molecular formula is C16H23NO2. The first-order valence-electron chi connectivity index (χ1n) is 7.31. The van der Waals surface area contributed by atoms with E-state index in [9.17, 15) is 4.79 Å². The van der Waals surface area contributed by atoms with Crippen molar-refractivity contribution in [3.8, 4) is 5.75 Å². The Morgan fingerprint density at radius 2 is 1.95 bits per heavy atom. The van der Waals surface area contributed by atoms with E-state index in [-0.39, 0.29) is 12.0 Å². The molecule has 3 heteroatoms. The molecule has 0 bridgehead atoms. The van der Waals surface area contributed by atoms with Gasteiger partial charge in [-0.05, 0) is 31.4 Å². The van der Waals surface area contributed by atoms with Crippen LogP contribution in [0.5, 0.6) is 5.75 Å². The Bertz CT molecular complexity index is 385. The van der Waals surface area contributed by atoms with Crippen molar-refractivity contribution in [3.05, 3.63) is 30.3 Å². The number of hydrogen-bond donors (Lipinski definition) is 1. The van der Waals surface area contributed by atoms with Crippen LogP contribution in [-0.4, -0.2) is 18.1 Å². The summed E-state index contributed by atoms with van der Waals surface area (Å²) >= 11 is 0. The van der Waals surface area contributed by atoms with Gasteiger partial charge >= 0.3 is 0 Å². The fraction of sp³-hybridized carbons (Fsp3) is 0.562. The lowest BCUT2D eigenvalue weighted by Crippen LogP contribution is -2.44. The smallest absolute Gasteiger partial charge is 0.261 e. The van der Waals surface area contributed by atoms with E-state index in [1.54, 1.807) is 0 Å². The molecule has 1 amide bonds. The molecule has 1 aliphatic rings. The third-order valence-corrected chi connectivity index (χ3v) is 3.64. The van der Waals surface area contributed by atoms with Crippen molar-refractivity contribution < 1.29 is 9.53 Å². The van der Waals surface area contributed by atoms with E-state index >= 15 is 0 Å². The molecule has 1 aliphatic carbocycles. The number of nitrogens with one attached hydrogen (secondary N) is 1. The second kappa shape index (κ2) is 7.17. The summed E-state index contributed by atoms with van der Waals surface area (Å²) in [4.78, 5) is 12.2. The summed E-state index contributed by atoms with van der Waals surface area (Å²) in [6.07, 6.45) is 6.26. The van der Waals surface area contributed by atoms with Gasteiger partial charge in [-0.3, -0.25) is 4.79 Å². The highest BCUT2D eigenvalue weighted by atomic mass is 16.5. The zero-order valence-corrected chi connectivity index (χ0v) is 11.6. The Balaban J connectivity index is 1.87. The lowest BCUT2D eigenvalue weighted by Gasteiger charge is -2.25. The highest BCUT2D eigenvalue weighted by Gasteiger charge is 2.22. The number of carbonyl (C=O) groups is 1. The predicted molar refractivity (Wildman–Crippen MR) is 76.2 cm³/mol. The first-order valence-corrected chi connectivity index (χ1v) is 7.31. The molecule has 0 spiro atoms. The van der Waals surface area contributed by atoms with Crippen molar-refractivity contribution >= 4 is 5.91 Å². The maximum Gasteiger partial charge on any atom is 0.261 e. The zero-order valence-electron chi connectivity index (χ0n) is 11.6. The van der Waals surface area contributed by atoms with Gasteiger partial charge in [0.15, 0.2) is 6.10 Å². The number of ether oxygens (including phenoxy) is 1. The second-order valence-corrected chi connectivity index (χ2v) is 5.17. The molecule has 104 valence electrons. The molecular weight excluding hydrogens is 238 g/mol. The number of carbonyl (C=O) groups excluding carboxylic acids is 1. The summed E-state index contributed by atoms with van der Waals surface area (Å²) in [7, 11) is 0. The molecule has 2 rings (SSSR count). The average molecular weight is 261 g/mol. The molecule has 3 nitrogen and oxygen atoms in total. The second-order valence-electron chi connectivity index (χ2n) is 5.17. The Kier molecular flexibility index (Phi) is 5.25. The van der Waals surface area contributed by atoms with Crippen LogP contribution in [0, 0.1) is 0 Å². The van der Waals surface area contributed by atoms with Crippen LogP contribution in [0.15, 0.2) is 30.3 Å². The lowest BCUT2D eigenvalue weighted by atomic mass is 9.95. The predicted octanol–water partition coefficient (Wildman–Crippen LogP) is 3.29. The molecule has 1 saturated carbocycles. The van der Waals surface area contributed by atoms with Crippen LogP contribution in [-0.2, 0) is 4.79 Å². The number of para-hydroxylation sites is 1. The highest BCUT2D eigenvalue weighted by Crippen LogP contribution is 2.18. The number of benzene rings is 1. The molecule has 1 fully saturated rings. The van der Waals surface area contributed by atoms with Gasteiger partial charge in [-0.15, -0.1) is 0 Å². The Morgan fingerprint density at radius 1 is 1.26 bits per heavy atom. The van der Waals surface area contributed by atoms with Crippen LogP contribution in [0.3, 0.4) is 0 Å². The van der Waals surface area contributed by atoms with Crippen LogP contribution in [0.25, 0.3) is 0 Å². The molecule has 0 radical (unpaired) electrons. The van der Waals surface area contributed by atoms with Crippen LogP contribution < -0.4 is 10.1 Å². The quantitative estimate of drug-likeness (QED) is 0.883. The van der Waals surface area contributed by atoms with Crippen LogP contribution >= 0.6 is 0 Å². The number of amides is 1. The van der Waals surface area contributed by atoms with Crippen LogP contribution in [0.2, 0.25) is 0 Å². The molecule has 19 heavy (non-hydrogen) atoms. The van der Waals surface area contributed by atoms with Crippen molar-refractivity contribution in [1.29, 1.82) is 0 Å². The van der Waals surface area contributed by atoms with Gasteiger partial charge in [0, 0.05) is 6.04 Å². The van der Waals surface area contributed by atoms with Crippen molar-refractivity contribution in [2.45, 2.75) is 57.6 Å². The minimum absolute atomic E-state index is 0.0262. The number of rotatable bonds is 5. The molecule has 0 aliphatic heterocycles. The largest absolute Gasteiger partial charge is 0.481 e. The molecule has 1 N–H and O–H groups in total. The van der Waals surface area contributed by atoms with Crippen LogP contribution in [0.1, 0.15) is 45.4 Å². The van der Waals surface area contributed by atoms with Crippen molar-refractivity contribution in [2.75, 3.05) is 0 Å². The fourth-order valence-corrected chi connectivity index (χ4v) is 2.53. The molecule has 0 unspecified atom stereocenters. The molecule has 0 aromatic heterocycles. The third kappa shape index (κ3) is 4.27. The Morgan fingerprint density at radius 3 is 2.58 bits per heavy atom. The standard InChI is InChI=1S/C16H23NO2/c1-2-15(19-14-11-7-4-8-12-14)16(18)17-13-9-5-3-6-10-13/h4,7-8,11-13,15H,2-3,5-6,9-10H2,1H3,(H,17,18)/t15-/m1/s1. The van der Waals surface area contributed by atoms with E-state index in [0.717, 1.165) is 18.6 Å². The summed E-state index contributed by atoms with van der Waals surface area (Å²) in [5.74, 6) is 0.784. The van der Waals surface area contributed by atoms with E-state index in [2.05, 4.69) is 5.32 Å². The Labute approximate surface area is 115 Å². The average Bonchev–Trinajstić information content (AvgIpc) is 2.47. The summed E-state index contributed by atoms with van der Waals surface area (Å²) in [5.41, 5.74) is 0. The van der Waals surface area contributed by atoms with Gasteiger partial charge in [-0.2, -0.15) is 0 Å². The molecule has 1 aromatic rings. The normalized spacial score (nSPS) is 17.7. The van der Waals surface area contributed by atoms with E-state index in [4.69, 9.17) is 4.74 Å². The first-order chi connectivity index (χ1) is 9.29. The van der Waals surface area contributed by atoms with E-state index in [0.29, 0.717) is 12.5 Å². The van der Waals surface area contributed by atoms with Gasteiger partial charge in [0.05, 0.1) is 0 Å². The SMILES string of the molecule is CC[C@@H](Oc1ccccc1)C(=O)NC1CCCCC1. The molecule has 1 atom stereocenters. The molecule has 0 saturated heterocycles. The first kappa shape index (κ1) is 13.9. The van der Waals surface area contributed by atoms with Gasteiger partial charge in [0.25, 0.3) is 5.91 Å². The van der Waals surface area contributed by atoms with Gasteiger partial charge in [0.1, 0.15) is 5.75 Å². The third-order valence-electron chi connectivity index (χ3n) is 3.64. The Hall–Kier alpha value is -1.51. The zero-order chi connectivity index (χ0) is 13.5. The van der Waals surface area contributed by atoms with Crippen molar-refractivity contribution in [2.24, 2.45) is 0 Å².